The van der Waals surface area contributed by atoms with Crippen LogP contribution in [-0.4, -0.2) is 85.9 Å². The summed E-state index contributed by atoms with van der Waals surface area (Å²) >= 11 is 0. The summed E-state index contributed by atoms with van der Waals surface area (Å²) in [6, 6.07) is 7.31. The quantitative estimate of drug-likeness (QED) is 0.0657. The number of hydrogen-bond acceptors (Lipinski definition) is 8. The zero-order valence-electron chi connectivity index (χ0n) is 26.8. The molecule has 0 unspecified atom stereocenters. The fraction of sp³-hybridized carbons (Fsp3) is 0.824. The smallest absolute Gasteiger partial charge is 0.119 e. The molecule has 1 aromatic rings. The lowest BCUT2D eigenvalue weighted by atomic mass is 10.0. The van der Waals surface area contributed by atoms with E-state index in [-0.39, 0.29) is 0 Å². The molecule has 0 amide bonds. The van der Waals surface area contributed by atoms with Gasteiger partial charge < -0.3 is 38.9 Å². The molecule has 0 aliphatic carbocycles. The van der Waals surface area contributed by atoms with Crippen molar-refractivity contribution >= 4 is 5.69 Å². The summed E-state index contributed by atoms with van der Waals surface area (Å²) in [5.41, 5.74) is 6.37. The van der Waals surface area contributed by atoms with Gasteiger partial charge in [0.1, 0.15) is 12.4 Å². The van der Waals surface area contributed by atoms with E-state index in [1.54, 1.807) is 0 Å². The Labute approximate surface area is 257 Å². The molecular formula is C34H63NO7. The van der Waals surface area contributed by atoms with Gasteiger partial charge in [-0.15, -0.1) is 0 Å². The van der Waals surface area contributed by atoms with E-state index in [1.165, 1.54) is 83.5 Å². The third-order valence-corrected chi connectivity index (χ3v) is 6.88. The van der Waals surface area contributed by atoms with Gasteiger partial charge in [-0.05, 0) is 30.7 Å². The number of ether oxygens (including phenoxy) is 7. The lowest BCUT2D eigenvalue weighted by Crippen LogP contribution is -2.14. The van der Waals surface area contributed by atoms with Crippen LogP contribution in [0, 0.1) is 0 Å². The lowest BCUT2D eigenvalue weighted by molar-refractivity contribution is -0.0179. The van der Waals surface area contributed by atoms with Gasteiger partial charge in [-0.1, -0.05) is 90.4 Å². The molecule has 0 saturated heterocycles. The average molecular weight is 598 g/mol. The van der Waals surface area contributed by atoms with E-state index < -0.39 is 0 Å². The number of anilines is 1. The number of nitrogens with two attached hydrogens (primary N) is 1. The first-order chi connectivity index (χ1) is 20.8. The van der Waals surface area contributed by atoms with E-state index in [4.69, 9.17) is 38.9 Å². The van der Waals surface area contributed by atoms with E-state index in [0.717, 1.165) is 24.5 Å². The van der Waals surface area contributed by atoms with Crippen LogP contribution >= 0.6 is 0 Å². The second-order valence-electron chi connectivity index (χ2n) is 10.7. The van der Waals surface area contributed by atoms with Crippen molar-refractivity contribution in [3.05, 3.63) is 24.3 Å². The molecular weight excluding hydrogens is 534 g/mol. The highest BCUT2D eigenvalue weighted by Gasteiger charge is 1.97. The summed E-state index contributed by atoms with van der Waals surface area (Å²) in [5, 5.41) is 0. The van der Waals surface area contributed by atoms with Crippen LogP contribution in [0.25, 0.3) is 0 Å². The Morgan fingerprint density at radius 3 is 1.07 bits per heavy atom. The third kappa shape index (κ3) is 28.7. The highest BCUT2D eigenvalue weighted by molar-refractivity contribution is 5.41. The molecule has 1 aromatic carbocycles. The maximum absolute atomic E-state index is 5.67. The second-order valence-corrected chi connectivity index (χ2v) is 10.7. The molecule has 2 N–H and O–H groups in total. The first-order valence-corrected chi connectivity index (χ1v) is 16.8. The zero-order chi connectivity index (χ0) is 30.0. The maximum atomic E-state index is 5.67. The van der Waals surface area contributed by atoms with Crippen molar-refractivity contribution in [1.29, 1.82) is 0 Å². The Morgan fingerprint density at radius 1 is 0.381 bits per heavy atom. The second kappa shape index (κ2) is 32.5. The van der Waals surface area contributed by atoms with Crippen LogP contribution in [-0.2, 0) is 28.4 Å². The Hall–Kier alpha value is -1.42. The molecule has 246 valence electrons. The Balaban J connectivity index is 1.63. The van der Waals surface area contributed by atoms with Gasteiger partial charge in [-0.25, -0.2) is 0 Å². The number of hydrogen-bond donors (Lipinski definition) is 1. The van der Waals surface area contributed by atoms with Gasteiger partial charge in [0, 0.05) is 12.3 Å². The van der Waals surface area contributed by atoms with E-state index in [2.05, 4.69) is 6.92 Å². The van der Waals surface area contributed by atoms with E-state index in [9.17, 15) is 0 Å². The molecule has 0 radical (unpaired) electrons. The van der Waals surface area contributed by atoms with Crippen LogP contribution in [0.1, 0.15) is 96.8 Å². The molecule has 8 nitrogen and oxygen atoms in total. The van der Waals surface area contributed by atoms with E-state index in [0.29, 0.717) is 79.3 Å². The van der Waals surface area contributed by atoms with E-state index >= 15 is 0 Å². The van der Waals surface area contributed by atoms with Crippen molar-refractivity contribution in [3.8, 4) is 5.75 Å². The first kappa shape index (κ1) is 38.6. The summed E-state index contributed by atoms with van der Waals surface area (Å²) < 4.78 is 38.8. The Morgan fingerprint density at radius 2 is 0.690 bits per heavy atom. The highest BCUT2D eigenvalue weighted by Crippen LogP contribution is 2.13. The molecule has 0 heterocycles. The van der Waals surface area contributed by atoms with Crippen LogP contribution in [0.2, 0.25) is 0 Å². The summed E-state index contributed by atoms with van der Waals surface area (Å²) in [5.74, 6) is 0.785. The molecule has 0 aliphatic heterocycles. The summed E-state index contributed by atoms with van der Waals surface area (Å²) in [6.07, 6.45) is 19.3. The molecule has 0 saturated carbocycles. The largest absolute Gasteiger partial charge is 0.491 e. The van der Waals surface area contributed by atoms with Crippen molar-refractivity contribution in [2.24, 2.45) is 0 Å². The number of unbranched alkanes of at least 4 members (excludes halogenated alkanes) is 13. The van der Waals surface area contributed by atoms with Gasteiger partial charge in [0.05, 0.1) is 72.7 Å². The number of benzene rings is 1. The number of nitrogen functional groups attached to an aromatic ring is 1. The van der Waals surface area contributed by atoms with Crippen molar-refractivity contribution in [1.82, 2.24) is 0 Å². The molecule has 8 heteroatoms. The standard InChI is InChI=1S/C34H63NO7/c1-2-3-4-5-6-7-8-9-10-11-12-13-14-15-20-36-21-22-37-23-24-38-25-26-39-27-28-40-29-30-41-31-32-42-34-18-16-33(35)17-19-34/h16-19H,2-15,20-32,35H2,1H3. The van der Waals surface area contributed by atoms with Gasteiger partial charge in [-0.3, -0.25) is 0 Å². The van der Waals surface area contributed by atoms with Crippen molar-refractivity contribution in [3.63, 3.8) is 0 Å². The minimum atomic E-state index is 0.491. The molecule has 1 rings (SSSR count). The minimum absolute atomic E-state index is 0.491. The molecule has 0 bridgehead atoms. The average Bonchev–Trinajstić information content (AvgIpc) is 3.00. The fourth-order valence-corrected chi connectivity index (χ4v) is 4.38. The molecule has 0 atom stereocenters. The Bertz CT molecular complexity index is 647. The van der Waals surface area contributed by atoms with Crippen molar-refractivity contribution in [2.75, 3.05) is 91.6 Å². The molecule has 0 aliphatic rings. The fourth-order valence-electron chi connectivity index (χ4n) is 4.38. The maximum Gasteiger partial charge on any atom is 0.119 e. The SMILES string of the molecule is CCCCCCCCCCCCCCCCOCCOCCOCCOCCOCCOCCOc1ccc(N)cc1. The van der Waals surface area contributed by atoms with Crippen LogP contribution in [0.3, 0.4) is 0 Å². The van der Waals surface area contributed by atoms with Gasteiger partial charge in [0.2, 0.25) is 0 Å². The Kier molecular flexibility index (Phi) is 29.9. The molecule has 0 fully saturated rings. The van der Waals surface area contributed by atoms with Gasteiger partial charge in [0.15, 0.2) is 0 Å². The summed E-state index contributed by atoms with van der Waals surface area (Å²) in [7, 11) is 0. The topological polar surface area (TPSA) is 90.6 Å². The minimum Gasteiger partial charge on any atom is -0.491 e. The summed E-state index contributed by atoms with van der Waals surface area (Å²) in [4.78, 5) is 0. The number of rotatable bonds is 34. The summed E-state index contributed by atoms with van der Waals surface area (Å²) in [6.45, 7) is 9.78. The van der Waals surface area contributed by atoms with Gasteiger partial charge in [-0.2, -0.15) is 0 Å². The predicted octanol–water partition coefficient (Wildman–Crippen LogP) is 7.23. The van der Waals surface area contributed by atoms with Crippen LogP contribution in [0.15, 0.2) is 24.3 Å². The molecule has 42 heavy (non-hydrogen) atoms. The normalized spacial score (nSPS) is 11.4. The molecule has 0 aromatic heterocycles. The highest BCUT2D eigenvalue weighted by atomic mass is 16.6. The predicted molar refractivity (Wildman–Crippen MR) is 172 cm³/mol. The lowest BCUT2D eigenvalue weighted by Gasteiger charge is -2.09. The van der Waals surface area contributed by atoms with Gasteiger partial charge >= 0.3 is 0 Å². The van der Waals surface area contributed by atoms with Crippen molar-refractivity contribution < 1.29 is 33.2 Å². The third-order valence-electron chi connectivity index (χ3n) is 6.88. The van der Waals surface area contributed by atoms with Crippen LogP contribution < -0.4 is 10.5 Å². The molecule has 0 spiro atoms. The van der Waals surface area contributed by atoms with Crippen LogP contribution in [0.4, 0.5) is 5.69 Å². The van der Waals surface area contributed by atoms with E-state index in [1.807, 2.05) is 24.3 Å². The van der Waals surface area contributed by atoms with Crippen LogP contribution in [0.5, 0.6) is 5.75 Å². The first-order valence-electron chi connectivity index (χ1n) is 16.8. The van der Waals surface area contributed by atoms with Crippen molar-refractivity contribution in [2.45, 2.75) is 96.8 Å². The van der Waals surface area contributed by atoms with Gasteiger partial charge in [0.25, 0.3) is 0 Å². The monoisotopic (exact) mass is 597 g/mol. The zero-order valence-corrected chi connectivity index (χ0v) is 26.8.